The van der Waals surface area contributed by atoms with Crippen molar-refractivity contribution in [3.63, 3.8) is 0 Å². The summed E-state index contributed by atoms with van der Waals surface area (Å²) in [6.45, 7) is 2.84. The molecule has 31 heavy (non-hydrogen) atoms. The topological polar surface area (TPSA) is 59.8 Å². The highest BCUT2D eigenvalue weighted by Gasteiger charge is 2.34. The summed E-state index contributed by atoms with van der Waals surface area (Å²) in [7, 11) is 0. The van der Waals surface area contributed by atoms with E-state index in [1.807, 2.05) is 47.0 Å². The summed E-state index contributed by atoms with van der Waals surface area (Å²) in [6, 6.07) is 13.9. The third-order valence-corrected chi connectivity index (χ3v) is 6.95. The van der Waals surface area contributed by atoms with E-state index in [0.29, 0.717) is 18.2 Å². The van der Waals surface area contributed by atoms with Crippen molar-refractivity contribution in [3.8, 4) is 5.69 Å². The molecule has 2 aliphatic carbocycles. The zero-order valence-electron chi connectivity index (χ0n) is 17.6. The molecule has 6 heteroatoms. The first-order valence-electron chi connectivity index (χ1n) is 10.8. The van der Waals surface area contributed by atoms with Crippen LogP contribution in [0, 0.1) is 11.8 Å². The van der Waals surface area contributed by atoms with E-state index in [1.54, 1.807) is 6.20 Å². The quantitative estimate of drug-likeness (QED) is 0.540. The van der Waals surface area contributed by atoms with E-state index in [-0.39, 0.29) is 5.91 Å². The van der Waals surface area contributed by atoms with Gasteiger partial charge in [-0.05, 0) is 67.9 Å². The van der Waals surface area contributed by atoms with Gasteiger partial charge < -0.3 is 5.32 Å². The lowest BCUT2D eigenvalue weighted by atomic mass is 9.84. The summed E-state index contributed by atoms with van der Waals surface area (Å²) in [5.74, 6) is 1.77. The van der Waals surface area contributed by atoms with Gasteiger partial charge >= 0.3 is 0 Å². The Balaban J connectivity index is 1.27. The number of para-hydroxylation sites is 1. The van der Waals surface area contributed by atoms with Crippen molar-refractivity contribution in [1.82, 2.24) is 19.9 Å². The highest BCUT2D eigenvalue weighted by molar-refractivity contribution is 7.99. The van der Waals surface area contributed by atoms with Gasteiger partial charge in [0.2, 0.25) is 5.91 Å². The number of benzene rings is 1. The summed E-state index contributed by atoms with van der Waals surface area (Å²) in [4.78, 5) is 21.9. The predicted molar refractivity (Wildman–Crippen MR) is 125 cm³/mol. The maximum atomic E-state index is 12.7. The molecule has 0 saturated heterocycles. The minimum absolute atomic E-state index is 0.0337. The second kappa shape index (κ2) is 8.71. The molecular weight excluding hydrogens is 404 g/mol. The van der Waals surface area contributed by atoms with Crippen LogP contribution in [0.5, 0.6) is 0 Å². The van der Waals surface area contributed by atoms with Crippen molar-refractivity contribution in [1.29, 1.82) is 0 Å². The number of allylic oxidation sites excluding steroid dienone is 3. The molecule has 2 aromatic heterocycles. The van der Waals surface area contributed by atoms with E-state index in [0.717, 1.165) is 34.3 Å². The van der Waals surface area contributed by atoms with Crippen LogP contribution in [-0.2, 0) is 4.79 Å². The Bertz CT molecular complexity index is 1160. The lowest BCUT2D eigenvalue weighted by Gasteiger charge is -2.24. The Morgan fingerprint density at radius 3 is 2.81 bits per heavy atom. The van der Waals surface area contributed by atoms with Gasteiger partial charge in [-0.1, -0.05) is 47.7 Å². The van der Waals surface area contributed by atoms with Gasteiger partial charge in [-0.2, -0.15) is 0 Å². The standard InChI is InChI=1S/C25H26N4OS/c1-17-9-10-19(21(14-17)18-11-12-18)15-27-23(30)16-31-25-28-22-8-5-13-26-24(22)29(25)20-6-3-2-4-7-20/h2-10,13,18,21H,11-12,14-16H2,1H3,(H,27,30). The number of nitrogens with zero attached hydrogens (tertiary/aromatic N) is 3. The number of pyridine rings is 1. The van der Waals surface area contributed by atoms with Crippen LogP contribution in [0.3, 0.4) is 0 Å². The molecule has 0 bridgehead atoms. The number of imidazole rings is 1. The minimum atomic E-state index is 0.0337. The number of fused-ring (bicyclic) bond motifs is 1. The Morgan fingerprint density at radius 1 is 1.16 bits per heavy atom. The summed E-state index contributed by atoms with van der Waals surface area (Å²) in [5.41, 5.74) is 5.44. The fourth-order valence-corrected chi connectivity index (χ4v) is 5.10. The average Bonchev–Trinajstić information content (AvgIpc) is 3.57. The first kappa shape index (κ1) is 20.1. The zero-order valence-corrected chi connectivity index (χ0v) is 18.4. The van der Waals surface area contributed by atoms with Crippen molar-refractivity contribution in [2.75, 3.05) is 12.3 Å². The molecule has 158 valence electrons. The fourth-order valence-electron chi connectivity index (χ4n) is 4.26. The summed E-state index contributed by atoms with van der Waals surface area (Å²) in [5, 5.41) is 3.91. The van der Waals surface area contributed by atoms with Crippen LogP contribution >= 0.6 is 11.8 Å². The number of aromatic nitrogens is 3. The number of hydrogen-bond donors (Lipinski definition) is 1. The summed E-state index contributed by atoms with van der Waals surface area (Å²) in [6.07, 6.45) is 9.97. The van der Waals surface area contributed by atoms with Crippen LogP contribution in [-0.4, -0.2) is 32.7 Å². The van der Waals surface area contributed by atoms with Gasteiger partial charge in [0.25, 0.3) is 0 Å². The molecule has 1 fully saturated rings. The van der Waals surface area contributed by atoms with Crippen molar-refractivity contribution >= 4 is 28.8 Å². The normalized spacial score (nSPS) is 18.5. The highest BCUT2D eigenvalue weighted by atomic mass is 32.2. The second-order valence-electron chi connectivity index (χ2n) is 8.38. The molecule has 1 saturated carbocycles. The van der Waals surface area contributed by atoms with Crippen LogP contribution in [0.4, 0.5) is 0 Å². The lowest BCUT2D eigenvalue weighted by Crippen LogP contribution is -2.30. The second-order valence-corrected chi connectivity index (χ2v) is 9.32. The Kier molecular flexibility index (Phi) is 5.64. The van der Waals surface area contributed by atoms with Crippen LogP contribution in [0.2, 0.25) is 0 Å². The minimum Gasteiger partial charge on any atom is -0.352 e. The monoisotopic (exact) mass is 430 g/mol. The van der Waals surface area contributed by atoms with Gasteiger partial charge in [0.15, 0.2) is 10.8 Å². The predicted octanol–water partition coefficient (Wildman–Crippen LogP) is 4.93. The van der Waals surface area contributed by atoms with Crippen LogP contribution < -0.4 is 5.32 Å². The number of nitrogens with one attached hydrogen (secondary N) is 1. The molecule has 0 aliphatic heterocycles. The van der Waals surface area contributed by atoms with Gasteiger partial charge in [0.1, 0.15) is 5.52 Å². The molecule has 5 rings (SSSR count). The molecule has 1 atom stereocenters. The third-order valence-electron chi connectivity index (χ3n) is 6.01. The summed E-state index contributed by atoms with van der Waals surface area (Å²) >= 11 is 1.45. The van der Waals surface area contributed by atoms with E-state index < -0.39 is 0 Å². The van der Waals surface area contributed by atoms with E-state index in [2.05, 4.69) is 29.4 Å². The summed E-state index contributed by atoms with van der Waals surface area (Å²) < 4.78 is 2.02. The number of carbonyl (C=O) groups is 1. The van der Waals surface area contributed by atoms with Gasteiger partial charge in [-0.25, -0.2) is 9.97 Å². The molecule has 0 spiro atoms. The van der Waals surface area contributed by atoms with Gasteiger partial charge in [-0.15, -0.1) is 0 Å². The van der Waals surface area contributed by atoms with Crippen molar-refractivity contribution in [3.05, 3.63) is 72.0 Å². The smallest absolute Gasteiger partial charge is 0.230 e. The van der Waals surface area contributed by atoms with Gasteiger partial charge in [-0.3, -0.25) is 9.36 Å². The molecule has 1 amide bonds. The Labute approximate surface area is 186 Å². The van der Waals surface area contributed by atoms with Crippen LogP contribution in [0.25, 0.3) is 16.9 Å². The Hall–Kier alpha value is -2.86. The molecular formula is C25H26N4OS. The molecule has 2 aliphatic rings. The van der Waals surface area contributed by atoms with Crippen molar-refractivity contribution in [2.24, 2.45) is 11.8 Å². The molecule has 1 unspecified atom stereocenters. The molecule has 0 radical (unpaired) electrons. The maximum Gasteiger partial charge on any atom is 0.230 e. The van der Waals surface area contributed by atoms with Crippen LogP contribution in [0.15, 0.2) is 77.1 Å². The number of amides is 1. The zero-order chi connectivity index (χ0) is 21.2. The van der Waals surface area contributed by atoms with Crippen molar-refractivity contribution in [2.45, 2.75) is 31.3 Å². The van der Waals surface area contributed by atoms with Gasteiger partial charge in [0, 0.05) is 18.4 Å². The maximum absolute atomic E-state index is 12.7. The number of rotatable bonds is 7. The largest absolute Gasteiger partial charge is 0.352 e. The average molecular weight is 431 g/mol. The van der Waals surface area contributed by atoms with E-state index in [4.69, 9.17) is 4.98 Å². The molecule has 2 heterocycles. The van der Waals surface area contributed by atoms with E-state index in [9.17, 15) is 4.79 Å². The fraction of sp³-hybridized carbons (Fsp3) is 0.320. The number of carbonyl (C=O) groups excluding carboxylic acids is 1. The SMILES string of the molecule is CC1=CC=C(CNC(=O)CSc2nc3cccnc3n2-c2ccccc2)C(C2CC2)C1. The lowest BCUT2D eigenvalue weighted by molar-refractivity contribution is -0.118. The molecule has 5 nitrogen and oxygen atoms in total. The molecule has 1 aromatic carbocycles. The molecule has 1 N–H and O–H groups in total. The molecule has 3 aromatic rings. The van der Waals surface area contributed by atoms with Gasteiger partial charge in [0.05, 0.1) is 5.75 Å². The van der Waals surface area contributed by atoms with E-state index >= 15 is 0 Å². The number of hydrogen-bond acceptors (Lipinski definition) is 4. The first-order valence-corrected chi connectivity index (χ1v) is 11.8. The highest BCUT2D eigenvalue weighted by Crippen LogP contribution is 2.44. The number of thioether (sulfide) groups is 1. The van der Waals surface area contributed by atoms with E-state index in [1.165, 1.54) is 35.7 Å². The van der Waals surface area contributed by atoms with Crippen molar-refractivity contribution < 1.29 is 4.79 Å². The third kappa shape index (κ3) is 4.44. The Morgan fingerprint density at radius 2 is 2.00 bits per heavy atom. The first-order chi connectivity index (χ1) is 15.2. The van der Waals surface area contributed by atoms with Crippen LogP contribution in [0.1, 0.15) is 26.2 Å².